The summed E-state index contributed by atoms with van der Waals surface area (Å²) in [6.45, 7) is 4.76. The zero-order chi connectivity index (χ0) is 19.1. The first-order chi connectivity index (χ1) is 13.0. The minimum atomic E-state index is -3.28. The molecule has 0 amide bonds. The van der Waals surface area contributed by atoms with Crippen molar-refractivity contribution in [3.8, 4) is 0 Å². The second kappa shape index (κ2) is 9.38. The Hall–Kier alpha value is -1.85. The smallest absolute Gasteiger partial charge is 0.215 e. The predicted octanol–water partition coefficient (Wildman–Crippen LogP) is 4.04. The Morgan fingerprint density at radius 1 is 0.963 bits per heavy atom. The SMILES string of the molecule is Cc1cccc(CS(=O)(=O)NCCCc2ccc(N3CCCCC3)cc2)c1. The first-order valence-corrected chi connectivity index (χ1v) is 11.5. The fraction of sp³-hybridized carbons (Fsp3) is 0.455. The molecule has 1 aliphatic rings. The van der Waals surface area contributed by atoms with E-state index in [9.17, 15) is 8.42 Å². The van der Waals surface area contributed by atoms with Crippen LogP contribution in [0.2, 0.25) is 0 Å². The molecule has 0 aromatic heterocycles. The average Bonchev–Trinajstić information content (AvgIpc) is 2.66. The summed E-state index contributed by atoms with van der Waals surface area (Å²) in [6.07, 6.45) is 5.59. The van der Waals surface area contributed by atoms with E-state index in [1.54, 1.807) is 0 Å². The summed E-state index contributed by atoms with van der Waals surface area (Å²) in [6, 6.07) is 16.4. The van der Waals surface area contributed by atoms with E-state index < -0.39 is 10.0 Å². The van der Waals surface area contributed by atoms with Crippen LogP contribution in [0.3, 0.4) is 0 Å². The number of nitrogens with one attached hydrogen (secondary N) is 1. The largest absolute Gasteiger partial charge is 0.372 e. The fourth-order valence-electron chi connectivity index (χ4n) is 3.62. The molecule has 5 heteroatoms. The van der Waals surface area contributed by atoms with Gasteiger partial charge in [0.2, 0.25) is 10.0 Å². The summed E-state index contributed by atoms with van der Waals surface area (Å²) >= 11 is 0. The Morgan fingerprint density at radius 3 is 2.41 bits per heavy atom. The molecule has 0 unspecified atom stereocenters. The van der Waals surface area contributed by atoms with Crippen LogP contribution in [-0.2, 0) is 22.2 Å². The van der Waals surface area contributed by atoms with Crippen molar-refractivity contribution in [3.63, 3.8) is 0 Å². The molecular weight excluding hydrogens is 356 g/mol. The molecule has 1 N–H and O–H groups in total. The highest BCUT2D eigenvalue weighted by Crippen LogP contribution is 2.20. The summed E-state index contributed by atoms with van der Waals surface area (Å²) in [5, 5.41) is 0. The van der Waals surface area contributed by atoms with Gasteiger partial charge in [-0.2, -0.15) is 0 Å². The molecule has 0 atom stereocenters. The van der Waals surface area contributed by atoms with E-state index in [2.05, 4.69) is 33.9 Å². The van der Waals surface area contributed by atoms with E-state index in [0.29, 0.717) is 6.54 Å². The van der Waals surface area contributed by atoms with Gasteiger partial charge >= 0.3 is 0 Å². The van der Waals surface area contributed by atoms with Gasteiger partial charge in [-0.05, 0) is 62.3 Å². The minimum absolute atomic E-state index is 0.0409. The van der Waals surface area contributed by atoms with Crippen molar-refractivity contribution in [2.24, 2.45) is 0 Å². The highest BCUT2D eigenvalue weighted by molar-refractivity contribution is 7.88. The molecule has 1 heterocycles. The average molecular weight is 387 g/mol. The predicted molar refractivity (Wildman–Crippen MR) is 113 cm³/mol. The second-order valence-electron chi connectivity index (χ2n) is 7.46. The Bertz CT molecular complexity index is 826. The van der Waals surface area contributed by atoms with Gasteiger partial charge in [0.1, 0.15) is 0 Å². The van der Waals surface area contributed by atoms with Crippen molar-refractivity contribution < 1.29 is 8.42 Å². The Labute approximate surface area is 163 Å². The quantitative estimate of drug-likeness (QED) is 0.697. The molecule has 1 fully saturated rings. The molecule has 0 bridgehead atoms. The molecule has 1 saturated heterocycles. The fourth-order valence-corrected chi connectivity index (χ4v) is 4.79. The molecule has 2 aromatic carbocycles. The molecule has 0 radical (unpaired) electrons. The van der Waals surface area contributed by atoms with Crippen LogP contribution in [0, 0.1) is 6.92 Å². The van der Waals surface area contributed by atoms with Gasteiger partial charge in [0.15, 0.2) is 0 Å². The zero-order valence-electron chi connectivity index (χ0n) is 16.2. The second-order valence-corrected chi connectivity index (χ2v) is 9.27. The molecule has 0 aliphatic carbocycles. The lowest BCUT2D eigenvalue weighted by molar-refractivity contribution is 0.577. The van der Waals surface area contributed by atoms with Crippen molar-refractivity contribution in [1.82, 2.24) is 4.72 Å². The number of piperidine rings is 1. The number of sulfonamides is 1. The zero-order valence-corrected chi connectivity index (χ0v) is 17.0. The number of anilines is 1. The normalized spacial score (nSPS) is 15.1. The highest BCUT2D eigenvalue weighted by Gasteiger charge is 2.12. The standard InChI is InChI=1S/C22H30N2O2S/c1-19-7-5-8-21(17-19)18-27(25,26)23-14-6-9-20-10-12-22(13-11-20)24-15-3-2-4-16-24/h5,7-8,10-13,17,23H,2-4,6,9,14-16,18H2,1H3. The Morgan fingerprint density at radius 2 is 1.70 bits per heavy atom. The molecular formula is C22H30N2O2S. The van der Waals surface area contributed by atoms with E-state index in [1.807, 2.05) is 31.2 Å². The van der Waals surface area contributed by atoms with E-state index in [1.165, 1.54) is 30.5 Å². The first-order valence-electron chi connectivity index (χ1n) is 9.89. The van der Waals surface area contributed by atoms with E-state index in [0.717, 1.165) is 37.1 Å². The van der Waals surface area contributed by atoms with Crippen LogP contribution < -0.4 is 9.62 Å². The number of benzene rings is 2. The molecule has 3 rings (SSSR count). The van der Waals surface area contributed by atoms with Gasteiger partial charge in [-0.15, -0.1) is 0 Å². The van der Waals surface area contributed by atoms with Crippen LogP contribution in [0.5, 0.6) is 0 Å². The molecule has 0 saturated carbocycles. The maximum absolute atomic E-state index is 12.2. The number of nitrogens with zero attached hydrogens (tertiary/aromatic N) is 1. The first kappa shape index (κ1) is 19.9. The van der Waals surface area contributed by atoms with Crippen LogP contribution in [0.1, 0.15) is 42.4 Å². The topological polar surface area (TPSA) is 49.4 Å². The number of aryl methyl sites for hydroxylation is 2. The highest BCUT2D eigenvalue weighted by atomic mass is 32.2. The van der Waals surface area contributed by atoms with E-state index in [-0.39, 0.29) is 5.75 Å². The van der Waals surface area contributed by atoms with Gasteiger partial charge in [-0.3, -0.25) is 0 Å². The van der Waals surface area contributed by atoms with Crippen LogP contribution in [-0.4, -0.2) is 28.1 Å². The number of rotatable bonds is 8. The van der Waals surface area contributed by atoms with Gasteiger partial charge in [0.05, 0.1) is 5.75 Å². The van der Waals surface area contributed by atoms with Crippen molar-refractivity contribution in [1.29, 1.82) is 0 Å². The monoisotopic (exact) mass is 386 g/mol. The molecule has 27 heavy (non-hydrogen) atoms. The van der Waals surface area contributed by atoms with Crippen molar-refractivity contribution in [2.45, 2.75) is 44.8 Å². The summed E-state index contributed by atoms with van der Waals surface area (Å²) in [5.41, 5.74) is 4.47. The molecule has 146 valence electrons. The summed E-state index contributed by atoms with van der Waals surface area (Å²) in [7, 11) is -3.28. The molecule has 4 nitrogen and oxygen atoms in total. The molecule has 2 aromatic rings. The summed E-state index contributed by atoms with van der Waals surface area (Å²) < 4.78 is 27.2. The number of hydrogen-bond acceptors (Lipinski definition) is 3. The van der Waals surface area contributed by atoms with Crippen molar-refractivity contribution >= 4 is 15.7 Å². The van der Waals surface area contributed by atoms with Crippen LogP contribution in [0.25, 0.3) is 0 Å². The third kappa shape index (κ3) is 6.36. The van der Waals surface area contributed by atoms with Gasteiger partial charge in [-0.25, -0.2) is 13.1 Å². The van der Waals surface area contributed by atoms with Crippen molar-refractivity contribution in [3.05, 3.63) is 65.2 Å². The van der Waals surface area contributed by atoms with Crippen LogP contribution in [0.15, 0.2) is 48.5 Å². The Kier molecular flexibility index (Phi) is 6.91. The molecule has 0 spiro atoms. The van der Waals surface area contributed by atoms with Gasteiger partial charge in [0, 0.05) is 25.3 Å². The minimum Gasteiger partial charge on any atom is -0.372 e. The Balaban J connectivity index is 1.42. The van der Waals surface area contributed by atoms with Crippen molar-refractivity contribution in [2.75, 3.05) is 24.5 Å². The molecule has 1 aliphatic heterocycles. The third-order valence-corrected chi connectivity index (χ3v) is 6.42. The van der Waals surface area contributed by atoms with Gasteiger partial charge in [-0.1, -0.05) is 42.0 Å². The van der Waals surface area contributed by atoms with Gasteiger partial charge in [0.25, 0.3) is 0 Å². The number of hydrogen-bond donors (Lipinski definition) is 1. The van der Waals surface area contributed by atoms with Gasteiger partial charge < -0.3 is 4.90 Å². The third-order valence-electron chi connectivity index (χ3n) is 5.06. The lowest BCUT2D eigenvalue weighted by Gasteiger charge is -2.28. The van der Waals surface area contributed by atoms with Crippen LogP contribution >= 0.6 is 0 Å². The van der Waals surface area contributed by atoms with E-state index >= 15 is 0 Å². The lowest BCUT2D eigenvalue weighted by Crippen LogP contribution is -2.29. The van der Waals surface area contributed by atoms with Crippen LogP contribution in [0.4, 0.5) is 5.69 Å². The summed E-state index contributed by atoms with van der Waals surface area (Å²) in [5.74, 6) is 0.0409. The maximum Gasteiger partial charge on any atom is 0.215 e. The lowest BCUT2D eigenvalue weighted by atomic mass is 10.1. The summed E-state index contributed by atoms with van der Waals surface area (Å²) in [4.78, 5) is 2.45. The van der Waals surface area contributed by atoms with E-state index in [4.69, 9.17) is 0 Å². The maximum atomic E-state index is 12.2.